The van der Waals surface area contributed by atoms with E-state index in [-0.39, 0.29) is 18.5 Å². The van der Waals surface area contributed by atoms with E-state index in [1.807, 2.05) is 12.1 Å². The topological polar surface area (TPSA) is 46.6 Å². The molecule has 1 saturated heterocycles. The van der Waals surface area contributed by atoms with E-state index in [4.69, 9.17) is 4.74 Å². The molecule has 0 bridgehead atoms. The van der Waals surface area contributed by atoms with Crippen LogP contribution in [0.25, 0.3) is 0 Å². The van der Waals surface area contributed by atoms with Crippen LogP contribution in [0.3, 0.4) is 0 Å². The molecule has 1 atom stereocenters. The van der Waals surface area contributed by atoms with Crippen LogP contribution in [0.15, 0.2) is 47.4 Å². The molecule has 0 N–H and O–H groups in total. The van der Waals surface area contributed by atoms with Crippen molar-refractivity contribution in [2.75, 3.05) is 19.7 Å². The average Bonchev–Trinajstić information content (AvgIpc) is 3.10. The van der Waals surface area contributed by atoms with Crippen LogP contribution in [0.1, 0.15) is 29.2 Å². The lowest BCUT2D eigenvalue weighted by Gasteiger charge is -2.32. The van der Waals surface area contributed by atoms with Crippen LogP contribution in [0.5, 0.6) is 0 Å². The van der Waals surface area contributed by atoms with Gasteiger partial charge in [-0.2, -0.15) is 4.31 Å². The number of rotatable bonds is 3. The maximum atomic E-state index is 13.1. The zero-order valence-corrected chi connectivity index (χ0v) is 14.6. The fourth-order valence-corrected chi connectivity index (χ4v) is 5.06. The zero-order valence-electron chi connectivity index (χ0n) is 13.8. The van der Waals surface area contributed by atoms with Crippen LogP contribution in [0.2, 0.25) is 0 Å². The Bertz CT molecular complexity index is 880. The van der Waals surface area contributed by atoms with Gasteiger partial charge in [-0.3, -0.25) is 0 Å². The minimum absolute atomic E-state index is 0.241. The SMILES string of the molecule is O=S(=O)(c1ccc2c(c1)CCC2)N1CCO[C@H](c2ccc(F)cc2)C1. The highest BCUT2D eigenvalue weighted by molar-refractivity contribution is 7.89. The van der Waals surface area contributed by atoms with Crippen molar-refractivity contribution < 1.29 is 17.5 Å². The summed E-state index contributed by atoms with van der Waals surface area (Å²) in [6, 6.07) is 11.5. The van der Waals surface area contributed by atoms with Crippen LogP contribution in [0.4, 0.5) is 4.39 Å². The van der Waals surface area contributed by atoms with Crippen molar-refractivity contribution in [1.29, 1.82) is 0 Å². The molecule has 1 heterocycles. The summed E-state index contributed by atoms with van der Waals surface area (Å²) in [7, 11) is -3.55. The third kappa shape index (κ3) is 3.21. The molecule has 6 heteroatoms. The van der Waals surface area contributed by atoms with E-state index >= 15 is 0 Å². The van der Waals surface area contributed by atoms with Crippen molar-refractivity contribution in [3.63, 3.8) is 0 Å². The third-order valence-corrected chi connectivity index (χ3v) is 6.84. The molecule has 25 heavy (non-hydrogen) atoms. The first kappa shape index (κ1) is 16.7. The monoisotopic (exact) mass is 361 g/mol. The van der Waals surface area contributed by atoms with Gasteiger partial charge in [0.15, 0.2) is 0 Å². The molecule has 2 aliphatic rings. The molecular formula is C19H20FNO3S. The van der Waals surface area contributed by atoms with Gasteiger partial charge in [-0.05, 0) is 60.2 Å². The summed E-state index contributed by atoms with van der Waals surface area (Å²) in [5, 5.41) is 0. The maximum Gasteiger partial charge on any atom is 0.243 e. The lowest BCUT2D eigenvalue weighted by Crippen LogP contribution is -2.42. The highest BCUT2D eigenvalue weighted by Gasteiger charge is 2.32. The molecule has 2 aromatic carbocycles. The van der Waals surface area contributed by atoms with E-state index in [0.717, 1.165) is 30.4 Å². The number of fused-ring (bicyclic) bond motifs is 1. The highest BCUT2D eigenvalue weighted by Crippen LogP contribution is 2.29. The predicted octanol–water partition coefficient (Wildman–Crippen LogP) is 3.08. The molecule has 0 radical (unpaired) electrons. The molecule has 4 rings (SSSR count). The van der Waals surface area contributed by atoms with Crippen molar-refractivity contribution in [2.45, 2.75) is 30.3 Å². The summed E-state index contributed by atoms with van der Waals surface area (Å²) in [6.45, 7) is 0.897. The fraction of sp³-hybridized carbons (Fsp3) is 0.368. The second-order valence-electron chi connectivity index (χ2n) is 6.56. The Hall–Kier alpha value is -1.76. The Morgan fingerprint density at radius 3 is 2.60 bits per heavy atom. The average molecular weight is 361 g/mol. The summed E-state index contributed by atoms with van der Waals surface area (Å²) in [5.74, 6) is -0.317. The summed E-state index contributed by atoms with van der Waals surface area (Å²) in [4.78, 5) is 0.355. The van der Waals surface area contributed by atoms with Crippen molar-refractivity contribution in [3.8, 4) is 0 Å². The smallest absolute Gasteiger partial charge is 0.243 e. The number of halogens is 1. The van der Waals surface area contributed by atoms with Crippen LogP contribution in [-0.4, -0.2) is 32.4 Å². The first-order valence-electron chi connectivity index (χ1n) is 8.53. The van der Waals surface area contributed by atoms with E-state index in [2.05, 4.69) is 0 Å². The molecule has 0 unspecified atom stereocenters. The summed E-state index contributed by atoms with van der Waals surface area (Å²) in [5.41, 5.74) is 3.18. The number of morpholine rings is 1. The summed E-state index contributed by atoms with van der Waals surface area (Å²) >= 11 is 0. The van der Waals surface area contributed by atoms with Gasteiger partial charge in [0.2, 0.25) is 10.0 Å². The molecule has 0 amide bonds. The number of nitrogens with zero attached hydrogens (tertiary/aromatic N) is 1. The first-order chi connectivity index (χ1) is 12.0. The van der Waals surface area contributed by atoms with Crippen LogP contribution >= 0.6 is 0 Å². The van der Waals surface area contributed by atoms with Gasteiger partial charge in [-0.15, -0.1) is 0 Å². The summed E-state index contributed by atoms with van der Waals surface area (Å²) < 4.78 is 46.3. The van der Waals surface area contributed by atoms with Gasteiger partial charge in [0.25, 0.3) is 0 Å². The van der Waals surface area contributed by atoms with Crippen LogP contribution in [-0.2, 0) is 27.6 Å². The number of sulfonamides is 1. The Labute approximate surface area is 147 Å². The molecule has 0 spiro atoms. The van der Waals surface area contributed by atoms with Crippen LogP contribution < -0.4 is 0 Å². The van der Waals surface area contributed by atoms with Gasteiger partial charge in [0.05, 0.1) is 17.6 Å². The van der Waals surface area contributed by atoms with Crippen LogP contribution in [0, 0.1) is 5.82 Å². The van der Waals surface area contributed by atoms with Crippen molar-refractivity contribution >= 4 is 10.0 Å². The number of benzene rings is 2. The van der Waals surface area contributed by atoms with Gasteiger partial charge in [-0.1, -0.05) is 18.2 Å². The van der Waals surface area contributed by atoms with E-state index in [1.54, 1.807) is 18.2 Å². The van der Waals surface area contributed by atoms with Gasteiger partial charge in [0, 0.05) is 13.1 Å². The number of hydrogen-bond donors (Lipinski definition) is 0. The molecule has 4 nitrogen and oxygen atoms in total. The maximum absolute atomic E-state index is 13.1. The van der Waals surface area contributed by atoms with Gasteiger partial charge >= 0.3 is 0 Å². The quantitative estimate of drug-likeness (QED) is 0.844. The minimum atomic E-state index is -3.55. The second-order valence-corrected chi connectivity index (χ2v) is 8.50. The third-order valence-electron chi connectivity index (χ3n) is 4.98. The predicted molar refractivity (Wildman–Crippen MR) is 92.3 cm³/mol. The Kier molecular flexibility index (Phi) is 4.35. The lowest BCUT2D eigenvalue weighted by molar-refractivity contribution is -0.00258. The number of ether oxygens (including phenoxy) is 1. The van der Waals surface area contributed by atoms with Crippen molar-refractivity contribution in [1.82, 2.24) is 4.31 Å². The molecular weight excluding hydrogens is 341 g/mol. The van der Waals surface area contributed by atoms with Crippen molar-refractivity contribution in [2.24, 2.45) is 0 Å². The molecule has 0 aromatic heterocycles. The molecule has 1 aliphatic carbocycles. The molecule has 1 aliphatic heterocycles. The molecule has 132 valence electrons. The van der Waals surface area contributed by atoms with E-state index in [9.17, 15) is 12.8 Å². The van der Waals surface area contributed by atoms with E-state index in [0.29, 0.717) is 18.0 Å². The second kappa shape index (κ2) is 6.52. The standard InChI is InChI=1S/C19H20FNO3S/c20-17-7-4-15(5-8-17)19-13-21(10-11-24-19)25(22,23)18-9-6-14-2-1-3-16(14)12-18/h4-9,12,19H,1-3,10-11,13H2/t19-/m0/s1. The normalized spacial score (nSPS) is 21.2. The number of hydrogen-bond acceptors (Lipinski definition) is 3. The molecule has 0 saturated carbocycles. The highest BCUT2D eigenvalue weighted by atomic mass is 32.2. The Morgan fingerprint density at radius 1 is 1.04 bits per heavy atom. The first-order valence-corrected chi connectivity index (χ1v) is 9.97. The summed E-state index contributed by atoms with van der Waals surface area (Å²) in [6.07, 6.45) is 2.68. The van der Waals surface area contributed by atoms with E-state index in [1.165, 1.54) is 22.0 Å². The van der Waals surface area contributed by atoms with Gasteiger partial charge in [-0.25, -0.2) is 12.8 Å². The lowest BCUT2D eigenvalue weighted by atomic mass is 10.1. The Morgan fingerprint density at radius 2 is 1.80 bits per heavy atom. The number of aryl methyl sites for hydroxylation is 2. The van der Waals surface area contributed by atoms with Crippen molar-refractivity contribution in [3.05, 3.63) is 65.0 Å². The molecule has 2 aromatic rings. The Balaban J connectivity index is 1.58. The largest absolute Gasteiger partial charge is 0.371 e. The van der Waals surface area contributed by atoms with Gasteiger partial charge in [0.1, 0.15) is 5.82 Å². The van der Waals surface area contributed by atoms with E-state index < -0.39 is 10.0 Å². The fourth-order valence-electron chi connectivity index (χ4n) is 3.58. The van der Waals surface area contributed by atoms with Gasteiger partial charge < -0.3 is 4.74 Å². The molecule has 1 fully saturated rings. The zero-order chi connectivity index (χ0) is 17.4. The minimum Gasteiger partial charge on any atom is -0.371 e.